The van der Waals surface area contributed by atoms with Gasteiger partial charge in [0.05, 0.1) is 7.11 Å². The number of amides is 1. The lowest BCUT2D eigenvalue weighted by atomic mass is 10.1. The maximum atomic E-state index is 11.5. The van der Waals surface area contributed by atoms with Crippen LogP contribution in [0.1, 0.15) is 11.6 Å². The van der Waals surface area contributed by atoms with Crippen LogP contribution in [0, 0.1) is 0 Å². The molecular formula is C10H15N3O2. The Morgan fingerprint density at radius 2 is 2.13 bits per heavy atom. The molecule has 0 aliphatic heterocycles. The van der Waals surface area contributed by atoms with Crippen molar-refractivity contribution in [3.8, 4) is 5.75 Å². The van der Waals surface area contributed by atoms with Gasteiger partial charge in [-0.1, -0.05) is 18.2 Å². The molecule has 0 aliphatic carbocycles. The molecule has 1 unspecified atom stereocenters. The molecule has 0 saturated carbocycles. The second-order valence-corrected chi connectivity index (χ2v) is 2.96. The van der Waals surface area contributed by atoms with Gasteiger partial charge in [0.15, 0.2) is 0 Å². The maximum Gasteiger partial charge on any atom is 0.255 e. The molecule has 0 radical (unpaired) electrons. The van der Waals surface area contributed by atoms with E-state index in [-0.39, 0.29) is 5.91 Å². The third-order valence-electron chi connectivity index (χ3n) is 2.00. The van der Waals surface area contributed by atoms with E-state index in [2.05, 4.69) is 10.9 Å². The fraction of sp³-hybridized carbons (Fsp3) is 0.300. The number of nitrogens with one attached hydrogen (secondary N) is 2. The summed E-state index contributed by atoms with van der Waals surface area (Å²) >= 11 is 0. The second-order valence-electron chi connectivity index (χ2n) is 2.96. The molecule has 1 amide bonds. The first-order valence-corrected chi connectivity index (χ1v) is 4.55. The number of nitrogens with two attached hydrogens (primary N) is 1. The first-order chi connectivity index (χ1) is 7.20. The fourth-order valence-electron chi connectivity index (χ4n) is 1.27. The summed E-state index contributed by atoms with van der Waals surface area (Å²) in [6.07, 6.45) is 0. The summed E-state index contributed by atoms with van der Waals surface area (Å²) in [4.78, 5) is 11.5. The fourth-order valence-corrected chi connectivity index (χ4v) is 1.27. The van der Waals surface area contributed by atoms with Crippen molar-refractivity contribution in [3.63, 3.8) is 0 Å². The molecule has 4 N–H and O–H groups in total. The predicted octanol–water partition coefficient (Wildman–Crippen LogP) is -0.0544. The Kier molecular flexibility index (Phi) is 4.08. The minimum Gasteiger partial charge on any atom is -0.496 e. The van der Waals surface area contributed by atoms with Gasteiger partial charge in [-0.05, 0) is 6.07 Å². The summed E-state index contributed by atoms with van der Waals surface area (Å²) in [5.41, 5.74) is 11.4. The summed E-state index contributed by atoms with van der Waals surface area (Å²) < 4.78 is 5.11. The number of carbonyl (C=O) groups excluding carboxylic acids is 1. The lowest BCUT2D eigenvalue weighted by Gasteiger charge is -2.14. The number of carbonyl (C=O) groups is 1. The van der Waals surface area contributed by atoms with Crippen LogP contribution in [0.5, 0.6) is 5.75 Å². The van der Waals surface area contributed by atoms with Crippen molar-refractivity contribution in [2.75, 3.05) is 14.2 Å². The highest BCUT2D eigenvalue weighted by Gasteiger charge is 2.18. The van der Waals surface area contributed by atoms with Crippen LogP contribution in [0.15, 0.2) is 24.3 Å². The molecule has 0 heterocycles. The van der Waals surface area contributed by atoms with E-state index in [1.807, 2.05) is 12.1 Å². The van der Waals surface area contributed by atoms with Crippen molar-refractivity contribution < 1.29 is 9.53 Å². The van der Waals surface area contributed by atoms with Crippen LogP contribution in [0.2, 0.25) is 0 Å². The van der Waals surface area contributed by atoms with E-state index in [1.165, 1.54) is 0 Å². The van der Waals surface area contributed by atoms with Gasteiger partial charge in [0.25, 0.3) is 5.91 Å². The molecule has 82 valence electrons. The van der Waals surface area contributed by atoms with Gasteiger partial charge in [-0.2, -0.15) is 0 Å². The van der Waals surface area contributed by atoms with Gasteiger partial charge in [-0.3, -0.25) is 10.2 Å². The van der Waals surface area contributed by atoms with E-state index < -0.39 is 6.04 Å². The summed E-state index contributed by atoms with van der Waals surface area (Å²) in [5.74, 6) is 0.304. The Labute approximate surface area is 88.6 Å². The first kappa shape index (κ1) is 11.5. The van der Waals surface area contributed by atoms with E-state index in [4.69, 9.17) is 10.5 Å². The lowest BCUT2D eigenvalue weighted by molar-refractivity contribution is -0.123. The Morgan fingerprint density at radius 1 is 1.47 bits per heavy atom. The van der Waals surface area contributed by atoms with Crippen LogP contribution < -0.4 is 21.3 Å². The van der Waals surface area contributed by atoms with E-state index in [1.54, 1.807) is 26.3 Å². The number of ether oxygens (including phenoxy) is 1. The third kappa shape index (κ3) is 2.68. The molecule has 0 fully saturated rings. The van der Waals surface area contributed by atoms with Gasteiger partial charge in [-0.25, -0.2) is 5.43 Å². The topological polar surface area (TPSA) is 76.4 Å². The molecular weight excluding hydrogens is 194 g/mol. The highest BCUT2D eigenvalue weighted by atomic mass is 16.5. The number of benzene rings is 1. The largest absolute Gasteiger partial charge is 0.496 e. The summed E-state index contributed by atoms with van der Waals surface area (Å²) in [6.45, 7) is 0. The summed E-state index contributed by atoms with van der Waals surface area (Å²) in [5, 5.41) is 0. The van der Waals surface area contributed by atoms with Gasteiger partial charge in [0, 0.05) is 12.6 Å². The quantitative estimate of drug-likeness (QED) is 0.607. The Morgan fingerprint density at radius 3 is 2.73 bits per heavy atom. The van der Waals surface area contributed by atoms with Gasteiger partial charge in [-0.15, -0.1) is 0 Å². The van der Waals surface area contributed by atoms with Crippen LogP contribution >= 0.6 is 0 Å². The van der Waals surface area contributed by atoms with Crippen molar-refractivity contribution in [1.82, 2.24) is 10.9 Å². The highest BCUT2D eigenvalue weighted by molar-refractivity contribution is 5.83. The third-order valence-corrected chi connectivity index (χ3v) is 2.00. The average Bonchev–Trinajstić information content (AvgIpc) is 2.28. The van der Waals surface area contributed by atoms with Gasteiger partial charge in [0.2, 0.25) is 0 Å². The molecule has 1 rings (SSSR count). The van der Waals surface area contributed by atoms with Crippen molar-refractivity contribution in [2.45, 2.75) is 6.04 Å². The monoisotopic (exact) mass is 209 g/mol. The molecule has 1 aromatic carbocycles. The van der Waals surface area contributed by atoms with E-state index in [9.17, 15) is 4.79 Å². The number of hydrogen-bond acceptors (Lipinski definition) is 4. The molecule has 5 nitrogen and oxygen atoms in total. The normalized spacial score (nSPS) is 11.9. The van der Waals surface area contributed by atoms with E-state index in [0.717, 1.165) is 0 Å². The standard InChI is InChI=1S/C10H15N3O2/c1-12-13-10(14)9(11)7-5-3-4-6-8(7)15-2/h3-6,9,12H,11H2,1-2H3,(H,13,14). The second kappa shape index (κ2) is 5.33. The molecule has 15 heavy (non-hydrogen) atoms. The Bertz CT molecular complexity index is 341. The van der Waals surface area contributed by atoms with Crippen molar-refractivity contribution >= 4 is 5.91 Å². The number of hydrogen-bond donors (Lipinski definition) is 3. The molecule has 5 heteroatoms. The van der Waals surface area contributed by atoms with E-state index >= 15 is 0 Å². The first-order valence-electron chi connectivity index (χ1n) is 4.55. The van der Waals surface area contributed by atoms with Gasteiger partial charge >= 0.3 is 0 Å². The average molecular weight is 209 g/mol. The Balaban J connectivity index is 2.89. The highest BCUT2D eigenvalue weighted by Crippen LogP contribution is 2.22. The van der Waals surface area contributed by atoms with Crippen LogP contribution in [-0.4, -0.2) is 20.1 Å². The summed E-state index contributed by atoms with van der Waals surface area (Å²) in [7, 11) is 3.15. The van der Waals surface area contributed by atoms with Crippen molar-refractivity contribution in [1.29, 1.82) is 0 Å². The van der Waals surface area contributed by atoms with Crippen LogP contribution in [0.4, 0.5) is 0 Å². The molecule has 0 spiro atoms. The molecule has 1 atom stereocenters. The van der Waals surface area contributed by atoms with Crippen molar-refractivity contribution in [2.24, 2.45) is 5.73 Å². The molecule has 0 bridgehead atoms. The molecule has 1 aromatic rings. The van der Waals surface area contributed by atoms with E-state index in [0.29, 0.717) is 11.3 Å². The van der Waals surface area contributed by atoms with Crippen LogP contribution in [0.3, 0.4) is 0 Å². The smallest absolute Gasteiger partial charge is 0.255 e. The van der Waals surface area contributed by atoms with Gasteiger partial charge in [0.1, 0.15) is 11.8 Å². The zero-order valence-electron chi connectivity index (χ0n) is 8.78. The number of rotatable bonds is 4. The molecule has 0 aliphatic rings. The predicted molar refractivity (Wildman–Crippen MR) is 57.1 cm³/mol. The Hall–Kier alpha value is -1.59. The number of hydrazine groups is 1. The zero-order chi connectivity index (χ0) is 11.3. The SMILES string of the molecule is CNNC(=O)C(N)c1ccccc1OC. The van der Waals surface area contributed by atoms with Crippen molar-refractivity contribution in [3.05, 3.63) is 29.8 Å². The number of methoxy groups -OCH3 is 1. The number of para-hydroxylation sites is 1. The van der Waals surface area contributed by atoms with Crippen LogP contribution in [-0.2, 0) is 4.79 Å². The molecule has 0 saturated heterocycles. The lowest BCUT2D eigenvalue weighted by Crippen LogP contribution is -2.40. The zero-order valence-corrected chi connectivity index (χ0v) is 8.78. The molecule has 0 aromatic heterocycles. The minimum absolute atomic E-state index is 0.304. The van der Waals surface area contributed by atoms with Gasteiger partial charge < -0.3 is 10.5 Å². The summed E-state index contributed by atoms with van der Waals surface area (Å²) in [6, 6.07) is 6.42. The van der Waals surface area contributed by atoms with Crippen LogP contribution in [0.25, 0.3) is 0 Å². The minimum atomic E-state index is -0.742. The maximum absolute atomic E-state index is 11.5.